The number of hydrogen-bond donors (Lipinski definition) is 2. The van der Waals surface area contributed by atoms with Gasteiger partial charge in [0.25, 0.3) is 0 Å². The summed E-state index contributed by atoms with van der Waals surface area (Å²) in [7, 11) is 2.12. The molecular weight excluding hydrogens is 265 g/mol. The maximum absolute atomic E-state index is 13.4. The molecule has 0 radical (unpaired) electrons. The van der Waals surface area contributed by atoms with E-state index in [4.69, 9.17) is 17.3 Å². The lowest BCUT2D eigenvalue weighted by atomic mass is 9.90. The lowest BCUT2D eigenvalue weighted by Gasteiger charge is -2.34. The van der Waals surface area contributed by atoms with Crippen LogP contribution >= 0.6 is 11.6 Å². The number of benzene rings is 1. The molecule has 0 spiro atoms. The summed E-state index contributed by atoms with van der Waals surface area (Å²) in [6.45, 7) is 2.61. The molecule has 0 bridgehead atoms. The Morgan fingerprint density at radius 1 is 1.37 bits per heavy atom. The van der Waals surface area contributed by atoms with Gasteiger partial charge in [0.15, 0.2) is 0 Å². The van der Waals surface area contributed by atoms with Crippen LogP contribution in [0.1, 0.15) is 19.3 Å². The van der Waals surface area contributed by atoms with Crippen LogP contribution < -0.4 is 11.1 Å². The summed E-state index contributed by atoms with van der Waals surface area (Å²) in [5, 5.41) is 3.81. The second kappa shape index (κ2) is 6.07. The van der Waals surface area contributed by atoms with Crippen LogP contribution in [0.15, 0.2) is 18.2 Å². The van der Waals surface area contributed by atoms with Crippen LogP contribution in [-0.4, -0.2) is 37.1 Å². The lowest BCUT2D eigenvalue weighted by molar-refractivity contribution is 0.337. The van der Waals surface area contributed by atoms with Gasteiger partial charge in [-0.1, -0.05) is 11.6 Å². The first-order valence-electron chi connectivity index (χ1n) is 6.66. The zero-order valence-electron chi connectivity index (χ0n) is 11.3. The number of halogens is 2. The number of nitrogens with zero attached hydrogens (tertiary/aromatic N) is 1. The molecule has 0 aromatic heterocycles. The third kappa shape index (κ3) is 3.81. The fraction of sp³-hybridized carbons (Fsp3) is 0.571. The molecule has 1 unspecified atom stereocenters. The van der Waals surface area contributed by atoms with E-state index in [-0.39, 0.29) is 11.4 Å². The maximum Gasteiger partial charge on any atom is 0.126 e. The van der Waals surface area contributed by atoms with Crippen molar-refractivity contribution in [2.75, 3.05) is 32.0 Å². The average Bonchev–Trinajstić information content (AvgIpc) is 2.51. The molecule has 1 aromatic rings. The quantitative estimate of drug-likeness (QED) is 0.897. The van der Waals surface area contributed by atoms with Gasteiger partial charge in [-0.3, -0.25) is 0 Å². The largest absolute Gasteiger partial charge is 0.378 e. The highest BCUT2D eigenvalue weighted by atomic mass is 35.5. The smallest absolute Gasteiger partial charge is 0.126 e. The molecule has 0 amide bonds. The van der Waals surface area contributed by atoms with E-state index in [1.807, 2.05) is 0 Å². The van der Waals surface area contributed by atoms with Gasteiger partial charge in [0.1, 0.15) is 5.82 Å². The van der Waals surface area contributed by atoms with Crippen molar-refractivity contribution in [2.45, 2.75) is 24.8 Å². The van der Waals surface area contributed by atoms with Crippen molar-refractivity contribution in [3.63, 3.8) is 0 Å². The second-order valence-electron chi connectivity index (χ2n) is 5.42. The van der Waals surface area contributed by atoms with E-state index in [0.29, 0.717) is 17.3 Å². The van der Waals surface area contributed by atoms with Crippen molar-refractivity contribution < 1.29 is 4.39 Å². The van der Waals surface area contributed by atoms with E-state index >= 15 is 0 Å². The molecule has 2 rings (SSSR count). The zero-order valence-corrected chi connectivity index (χ0v) is 12.0. The average molecular weight is 286 g/mol. The number of anilines is 1. The predicted octanol–water partition coefficient (Wildman–Crippen LogP) is 2.70. The Morgan fingerprint density at radius 3 is 2.84 bits per heavy atom. The highest BCUT2D eigenvalue weighted by molar-refractivity contribution is 6.30. The van der Waals surface area contributed by atoms with Crippen LogP contribution in [0.4, 0.5) is 10.1 Å². The van der Waals surface area contributed by atoms with Crippen molar-refractivity contribution in [1.82, 2.24) is 4.90 Å². The van der Waals surface area contributed by atoms with Gasteiger partial charge in [-0.2, -0.15) is 0 Å². The topological polar surface area (TPSA) is 41.3 Å². The molecule has 106 valence electrons. The first-order valence-corrected chi connectivity index (χ1v) is 7.04. The molecule has 1 aliphatic rings. The van der Waals surface area contributed by atoms with Crippen molar-refractivity contribution in [3.05, 3.63) is 29.0 Å². The van der Waals surface area contributed by atoms with Gasteiger partial charge in [-0.25, -0.2) is 4.39 Å². The minimum Gasteiger partial charge on any atom is -0.378 e. The van der Waals surface area contributed by atoms with Crippen LogP contribution in [0.25, 0.3) is 0 Å². The summed E-state index contributed by atoms with van der Waals surface area (Å²) >= 11 is 5.89. The zero-order chi connectivity index (χ0) is 13.9. The van der Waals surface area contributed by atoms with E-state index in [2.05, 4.69) is 17.3 Å². The predicted molar refractivity (Wildman–Crippen MR) is 78.2 cm³/mol. The molecule has 1 saturated heterocycles. The van der Waals surface area contributed by atoms with Crippen LogP contribution in [0, 0.1) is 5.82 Å². The third-order valence-corrected chi connectivity index (χ3v) is 4.05. The van der Waals surface area contributed by atoms with E-state index in [9.17, 15) is 4.39 Å². The molecule has 1 atom stereocenters. The molecule has 1 aromatic carbocycles. The molecule has 5 heteroatoms. The normalized spacial score (nSPS) is 25.1. The van der Waals surface area contributed by atoms with Gasteiger partial charge in [-0.05, 0) is 51.1 Å². The van der Waals surface area contributed by atoms with Crippen molar-refractivity contribution in [2.24, 2.45) is 5.73 Å². The van der Waals surface area contributed by atoms with Gasteiger partial charge in [0.05, 0.1) is 5.54 Å². The molecule has 0 aliphatic carbocycles. The molecule has 3 nitrogen and oxygen atoms in total. The first kappa shape index (κ1) is 14.6. The highest BCUT2D eigenvalue weighted by Crippen LogP contribution is 2.28. The van der Waals surface area contributed by atoms with E-state index in [1.165, 1.54) is 12.1 Å². The molecule has 3 N–H and O–H groups in total. The van der Waals surface area contributed by atoms with Gasteiger partial charge in [0.2, 0.25) is 0 Å². The standard InChI is InChI=1S/C14H21ClFN3/c1-19-5-2-3-14(10-17,4-6-19)18-13-8-11(15)7-12(16)9-13/h7-9,18H,2-6,10,17H2,1H3. The van der Waals surface area contributed by atoms with E-state index in [0.717, 1.165) is 32.4 Å². The minimum atomic E-state index is -0.326. The fourth-order valence-corrected chi connectivity index (χ4v) is 2.86. The number of rotatable bonds is 3. The monoisotopic (exact) mass is 285 g/mol. The summed E-state index contributed by atoms with van der Waals surface area (Å²) in [6.07, 6.45) is 3.03. The van der Waals surface area contributed by atoms with Crippen LogP contribution in [0.5, 0.6) is 0 Å². The Bertz CT molecular complexity index is 420. The Labute approximate surface area is 118 Å². The Morgan fingerprint density at radius 2 is 2.16 bits per heavy atom. The molecule has 19 heavy (non-hydrogen) atoms. The summed E-state index contributed by atoms with van der Waals surface area (Å²) in [5.41, 5.74) is 6.51. The molecule has 0 saturated carbocycles. The third-order valence-electron chi connectivity index (χ3n) is 3.83. The van der Waals surface area contributed by atoms with Gasteiger partial charge >= 0.3 is 0 Å². The van der Waals surface area contributed by atoms with Gasteiger partial charge in [-0.15, -0.1) is 0 Å². The Kier molecular flexibility index (Phi) is 4.66. The lowest BCUT2D eigenvalue weighted by Crippen LogP contribution is -2.46. The molecule has 1 aliphatic heterocycles. The number of nitrogens with one attached hydrogen (secondary N) is 1. The number of nitrogens with two attached hydrogens (primary N) is 1. The molecule has 1 heterocycles. The van der Waals surface area contributed by atoms with Gasteiger partial charge < -0.3 is 16.0 Å². The van der Waals surface area contributed by atoms with E-state index in [1.54, 1.807) is 6.07 Å². The first-order chi connectivity index (χ1) is 9.03. The van der Waals surface area contributed by atoms with Crippen LogP contribution in [-0.2, 0) is 0 Å². The summed E-state index contributed by atoms with van der Waals surface area (Å²) in [5.74, 6) is -0.326. The highest BCUT2D eigenvalue weighted by Gasteiger charge is 2.30. The number of hydrogen-bond acceptors (Lipinski definition) is 3. The van der Waals surface area contributed by atoms with Crippen molar-refractivity contribution in [1.29, 1.82) is 0 Å². The maximum atomic E-state index is 13.4. The summed E-state index contributed by atoms with van der Waals surface area (Å²) in [6, 6.07) is 4.53. The minimum absolute atomic E-state index is 0.165. The summed E-state index contributed by atoms with van der Waals surface area (Å²) < 4.78 is 13.4. The molecule has 1 fully saturated rings. The van der Waals surface area contributed by atoms with Crippen LogP contribution in [0.3, 0.4) is 0 Å². The van der Waals surface area contributed by atoms with Crippen molar-refractivity contribution in [3.8, 4) is 0 Å². The summed E-state index contributed by atoms with van der Waals surface area (Å²) in [4.78, 5) is 2.30. The van der Waals surface area contributed by atoms with E-state index < -0.39 is 0 Å². The van der Waals surface area contributed by atoms with Gasteiger partial charge in [0, 0.05) is 23.8 Å². The molecular formula is C14H21ClFN3. The second-order valence-corrected chi connectivity index (χ2v) is 5.86. The Hall–Kier alpha value is -0.840. The van der Waals surface area contributed by atoms with Crippen LogP contribution in [0.2, 0.25) is 5.02 Å². The fourth-order valence-electron chi connectivity index (χ4n) is 2.64. The van der Waals surface area contributed by atoms with Crippen molar-refractivity contribution >= 4 is 17.3 Å². The SMILES string of the molecule is CN1CCCC(CN)(Nc2cc(F)cc(Cl)c2)CC1. The number of likely N-dealkylation sites (tertiary alicyclic amines) is 1. The Balaban J connectivity index is 2.17.